The molecule has 1 atom stereocenters. The van der Waals surface area contributed by atoms with Crippen molar-refractivity contribution in [3.8, 4) is 0 Å². The number of hydrogen-bond acceptors (Lipinski definition) is 3. The molecule has 170 valence electrons. The quantitative estimate of drug-likeness (QED) is 0.210. The van der Waals surface area contributed by atoms with Gasteiger partial charge in [-0.05, 0) is 12.8 Å². The van der Waals surface area contributed by atoms with E-state index in [9.17, 15) is 14.4 Å². The smallest absolute Gasteiger partial charge is 0.326 e. The summed E-state index contributed by atoms with van der Waals surface area (Å²) >= 11 is 0. The van der Waals surface area contributed by atoms with Crippen molar-refractivity contribution in [2.45, 2.75) is 129 Å². The predicted octanol–water partition coefficient (Wildman–Crippen LogP) is 5.68. The SMILES string of the molecule is CCCCCCCCCCCCCCCCCC(=O)N[C@H](CCC(=O)O)C(=O)O. The molecule has 0 saturated carbocycles. The van der Waals surface area contributed by atoms with E-state index in [0.717, 1.165) is 19.3 Å². The van der Waals surface area contributed by atoms with Gasteiger partial charge in [0.15, 0.2) is 0 Å². The number of nitrogens with one attached hydrogen (secondary N) is 1. The van der Waals surface area contributed by atoms with Crippen molar-refractivity contribution in [1.29, 1.82) is 0 Å². The summed E-state index contributed by atoms with van der Waals surface area (Å²) in [5, 5.41) is 20.1. The van der Waals surface area contributed by atoms with E-state index in [1.165, 1.54) is 77.0 Å². The number of carboxylic acid groups (broad SMARTS) is 2. The van der Waals surface area contributed by atoms with Crippen LogP contribution in [0.2, 0.25) is 0 Å². The van der Waals surface area contributed by atoms with Gasteiger partial charge in [-0.15, -0.1) is 0 Å². The van der Waals surface area contributed by atoms with E-state index in [0.29, 0.717) is 6.42 Å². The number of aliphatic carboxylic acids is 2. The van der Waals surface area contributed by atoms with Gasteiger partial charge >= 0.3 is 11.9 Å². The summed E-state index contributed by atoms with van der Waals surface area (Å²) in [6.07, 6.45) is 18.8. The van der Waals surface area contributed by atoms with Gasteiger partial charge in [-0.25, -0.2) is 4.79 Å². The number of amides is 1. The molecule has 3 N–H and O–H groups in total. The zero-order valence-electron chi connectivity index (χ0n) is 18.4. The first-order chi connectivity index (χ1) is 14.0. The molecule has 0 aliphatic rings. The molecule has 6 nitrogen and oxygen atoms in total. The molecule has 0 aromatic heterocycles. The third-order valence-electron chi connectivity index (χ3n) is 5.29. The van der Waals surface area contributed by atoms with Gasteiger partial charge in [0, 0.05) is 12.8 Å². The predicted molar refractivity (Wildman–Crippen MR) is 116 cm³/mol. The van der Waals surface area contributed by atoms with E-state index >= 15 is 0 Å². The van der Waals surface area contributed by atoms with Gasteiger partial charge < -0.3 is 15.5 Å². The Hall–Kier alpha value is -1.59. The monoisotopic (exact) mass is 413 g/mol. The van der Waals surface area contributed by atoms with Crippen molar-refractivity contribution in [2.75, 3.05) is 0 Å². The molecule has 0 radical (unpaired) electrons. The van der Waals surface area contributed by atoms with Crippen LogP contribution in [0, 0.1) is 0 Å². The molecular formula is C23H43NO5. The number of rotatable bonds is 21. The first-order valence-electron chi connectivity index (χ1n) is 11.7. The maximum atomic E-state index is 11.8. The topological polar surface area (TPSA) is 104 Å². The molecule has 6 heteroatoms. The van der Waals surface area contributed by atoms with E-state index in [4.69, 9.17) is 10.2 Å². The second-order valence-corrected chi connectivity index (χ2v) is 8.09. The van der Waals surface area contributed by atoms with Crippen molar-refractivity contribution in [3.63, 3.8) is 0 Å². The molecule has 0 saturated heterocycles. The van der Waals surface area contributed by atoms with Gasteiger partial charge in [-0.2, -0.15) is 0 Å². The molecule has 1 amide bonds. The lowest BCUT2D eigenvalue weighted by molar-refractivity contribution is -0.143. The van der Waals surface area contributed by atoms with Crippen LogP contribution >= 0.6 is 0 Å². The minimum absolute atomic E-state index is 0.0880. The maximum Gasteiger partial charge on any atom is 0.326 e. The highest BCUT2D eigenvalue weighted by Crippen LogP contribution is 2.13. The van der Waals surface area contributed by atoms with Crippen LogP contribution in [0.4, 0.5) is 0 Å². The van der Waals surface area contributed by atoms with Crippen LogP contribution in [0.3, 0.4) is 0 Å². The van der Waals surface area contributed by atoms with E-state index in [1.54, 1.807) is 0 Å². The third kappa shape index (κ3) is 19.5. The van der Waals surface area contributed by atoms with Gasteiger partial charge in [0.05, 0.1) is 0 Å². The molecule has 0 unspecified atom stereocenters. The van der Waals surface area contributed by atoms with Crippen molar-refractivity contribution >= 4 is 17.8 Å². The van der Waals surface area contributed by atoms with Crippen LogP contribution in [-0.2, 0) is 14.4 Å². The number of hydrogen-bond donors (Lipinski definition) is 3. The lowest BCUT2D eigenvalue weighted by Gasteiger charge is -2.13. The summed E-state index contributed by atoms with van der Waals surface area (Å²) in [6.45, 7) is 2.25. The molecule has 29 heavy (non-hydrogen) atoms. The highest BCUT2D eigenvalue weighted by atomic mass is 16.4. The minimum atomic E-state index is -1.18. The lowest BCUT2D eigenvalue weighted by atomic mass is 10.0. The lowest BCUT2D eigenvalue weighted by Crippen LogP contribution is -2.41. The zero-order chi connectivity index (χ0) is 21.7. The Bertz CT molecular complexity index is 439. The summed E-state index contributed by atoms with van der Waals surface area (Å²) < 4.78 is 0. The first-order valence-corrected chi connectivity index (χ1v) is 11.7. The molecule has 0 aromatic rings. The molecule has 0 aliphatic carbocycles. The van der Waals surface area contributed by atoms with Crippen LogP contribution in [-0.4, -0.2) is 34.1 Å². The largest absolute Gasteiger partial charge is 0.481 e. The molecule has 0 rings (SSSR count). The van der Waals surface area contributed by atoms with Crippen LogP contribution in [0.25, 0.3) is 0 Å². The van der Waals surface area contributed by atoms with Crippen LogP contribution in [0.5, 0.6) is 0 Å². The Morgan fingerprint density at radius 3 is 1.45 bits per heavy atom. The van der Waals surface area contributed by atoms with E-state index in [-0.39, 0.29) is 18.7 Å². The fourth-order valence-electron chi connectivity index (χ4n) is 3.45. The van der Waals surface area contributed by atoms with Gasteiger partial charge in [0.1, 0.15) is 6.04 Å². The number of carbonyl (C=O) groups is 3. The number of unbranched alkanes of at least 4 members (excludes halogenated alkanes) is 14. The third-order valence-corrected chi connectivity index (χ3v) is 5.29. The normalized spacial score (nSPS) is 11.9. The summed E-state index contributed by atoms with van der Waals surface area (Å²) in [4.78, 5) is 33.4. The van der Waals surface area contributed by atoms with E-state index in [1.807, 2.05) is 0 Å². The second-order valence-electron chi connectivity index (χ2n) is 8.09. The standard InChI is InChI=1S/C23H43NO5/c1-2-3-4-5-6-7-8-9-10-11-12-13-14-15-16-17-21(25)24-20(23(28)29)18-19-22(26)27/h20H,2-19H2,1H3,(H,24,25)(H,26,27)(H,28,29)/t20-/m1/s1. The Balaban J connectivity index is 3.45. The minimum Gasteiger partial charge on any atom is -0.481 e. The molecule has 0 aromatic carbocycles. The van der Waals surface area contributed by atoms with Crippen molar-refractivity contribution in [1.82, 2.24) is 5.32 Å². The molecule has 0 spiro atoms. The van der Waals surface area contributed by atoms with Gasteiger partial charge in [-0.3, -0.25) is 9.59 Å². The maximum absolute atomic E-state index is 11.8. The van der Waals surface area contributed by atoms with Crippen molar-refractivity contribution < 1.29 is 24.6 Å². The first kappa shape index (κ1) is 27.4. The Kier molecular flexibility index (Phi) is 18.6. The average Bonchev–Trinajstić information content (AvgIpc) is 2.67. The zero-order valence-corrected chi connectivity index (χ0v) is 18.4. The fourth-order valence-corrected chi connectivity index (χ4v) is 3.45. The average molecular weight is 414 g/mol. The molecule has 0 bridgehead atoms. The van der Waals surface area contributed by atoms with Gasteiger partial charge in [-0.1, -0.05) is 96.8 Å². The van der Waals surface area contributed by atoms with E-state index < -0.39 is 18.0 Å². The highest BCUT2D eigenvalue weighted by Gasteiger charge is 2.20. The summed E-state index contributed by atoms with van der Waals surface area (Å²) in [7, 11) is 0. The number of carbonyl (C=O) groups excluding carboxylic acids is 1. The Labute approximate surface area is 176 Å². The van der Waals surface area contributed by atoms with Crippen molar-refractivity contribution in [2.24, 2.45) is 0 Å². The molecular weight excluding hydrogens is 370 g/mol. The summed E-state index contributed by atoms with van der Waals surface area (Å²) in [6, 6.07) is -1.12. The van der Waals surface area contributed by atoms with Gasteiger partial charge in [0.25, 0.3) is 0 Å². The molecule has 0 heterocycles. The van der Waals surface area contributed by atoms with Crippen LogP contribution in [0.1, 0.15) is 122 Å². The molecule has 0 fully saturated rings. The summed E-state index contributed by atoms with van der Waals surface area (Å²) in [5.74, 6) is -2.55. The Morgan fingerprint density at radius 2 is 1.07 bits per heavy atom. The second kappa shape index (κ2) is 19.7. The van der Waals surface area contributed by atoms with E-state index in [2.05, 4.69) is 12.2 Å². The Morgan fingerprint density at radius 1 is 0.655 bits per heavy atom. The van der Waals surface area contributed by atoms with Crippen LogP contribution in [0.15, 0.2) is 0 Å². The van der Waals surface area contributed by atoms with Crippen molar-refractivity contribution in [3.05, 3.63) is 0 Å². The number of carboxylic acids is 2. The molecule has 0 aliphatic heterocycles. The highest BCUT2D eigenvalue weighted by molar-refractivity contribution is 5.83. The summed E-state index contributed by atoms with van der Waals surface area (Å²) in [5.41, 5.74) is 0. The van der Waals surface area contributed by atoms with Crippen LogP contribution < -0.4 is 5.32 Å². The van der Waals surface area contributed by atoms with Gasteiger partial charge in [0.2, 0.25) is 5.91 Å². The fraction of sp³-hybridized carbons (Fsp3) is 0.870.